The summed E-state index contributed by atoms with van der Waals surface area (Å²) in [5.41, 5.74) is 1.70. The Balaban J connectivity index is 1.93. The van der Waals surface area contributed by atoms with E-state index in [4.69, 9.17) is 16.3 Å². The lowest BCUT2D eigenvalue weighted by Gasteiger charge is -2.31. The van der Waals surface area contributed by atoms with Gasteiger partial charge < -0.3 is 9.84 Å². The van der Waals surface area contributed by atoms with Gasteiger partial charge in [0.1, 0.15) is 18.1 Å². The van der Waals surface area contributed by atoms with Crippen molar-refractivity contribution in [2.45, 2.75) is 12.3 Å². The minimum Gasteiger partial charge on any atom is -0.376 e. The van der Waals surface area contributed by atoms with Gasteiger partial charge in [0.2, 0.25) is 0 Å². The zero-order valence-corrected chi connectivity index (χ0v) is 17.1. The molecule has 4 aromatic rings. The van der Waals surface area contributed by atoms with Gasteiger partial charge in [-0.2, -0.15) is 5.10 Å². The van der Waals surface area contributed by atoms with Crippen molar-refractivity contribution in [3.05, 3.63) is 113 Å². The summed E-state index contributed by atoms with van der Waals surface area (Å²) in [4.78, 5) is 0. The molecule has 4 nitrogen and oxygen atoms in total. The fourth-order valence-electron chi connectivity index (χ4n) is 3.61. The number of aromatic nitrogens is 2. The molecule has 1 atom stereocenters. The van der Waals surface area contributed by atoms with Gasteiger partial charge in [-0.15, -0.1) is 0 Å². The maximum atomic E-state index is 13.6. The van der Waals surface area contributed by atoms with Crippen LogP contribution in [0.1, 0.15) is 16.7 Å². The number of benzene rings is 3. The van der Waals surface area contributed by atoms with Gasteiger partial charge in [0.05, 0.1) is 5.69 Å². The van der Waals surface area contributed by atoms with Crippen molar-refractivity contribution < 1.29 is 14.2 Å². The molecule has 0 saturated heterocycles. The molecular weight excluding hydrogens is 403 g/mol. The topological polar surface area (TPSA) is 47.3 Å². The molecule has 0 saturated carbocycles. The number of hydrogen-bond donors (Lipinski definition) is 1. The first-order valence-electron chi connectivity index (χ1n) is 9.39. The Morgan fingerprint density at radius 1 is 1.00 bits per heavy atom. The molecule has 0 aliphatic rings. The van der Waals surface area contributed by atoms with E-state index in [1.807, 2.05) is 48.5 Å². The summed E-state index contributed by atoms with van der Waals surface area (Å²) in [5.74, 6) is -0.377. The van der Waals surface area contributed by atoms with Gasteiger partial charge in [0.15, 0.2) is 0 Å². The predicted octanol–water partition coefficient (Wildman–Crippen LogP) is 5.23. The molecule has 0 amide bonds. The van der Waals surface area contributed by atoms with Gasteiger partial charge in [0, 0.05) is 29.5 Å². The van der Waals surface area contributed by atoms with Crippen LogP contribution in [0.2, 0.25) is 5.02 Å². The summed E-state index contributed by atoms with van der Waals surface area (Å²) < 4.78 is 20.5. The van der Waals surface area contributed by atoms with E-state index in [-0.39, 0.29) is 5.82 Å². The van der Waals surface area contributed by atoms with E-state index < -0.39 is 5.60 Å². The van der Waals surface area contributed by atoms with E-state index in [1.54, 1.807) is 36.2 Å². The SMILES string of the molecule is COCn1nccc1-c1ccc(Cl)c(C(O)(c2ccccc2)c2ccc(F)cc2)c1. The number of rotatable bonds is 6. The van der Waals surface area contributed by atoms with Gasteiger partial charge in [-0.1, -0.05) is 60.1 Å². The Kier molecular flexibility index (Phi) is 5.68. The average molecular weight is 423 g/mol. The van der Waals surface area contributed by atoms with E-state index in [2.05, 4.69) is 5.10 Å². The maximum absolute atomic E-state index is 13.6. The summed E-state index contributed by atoms with van der Waals surface area (Å²) in [7, 11) is 1.60. The molecule has 0 aliphatic heterocycles. The van der Waals surface area contributed by atoms with Crippen LogP contribution in [0.15, 0.2) is 85.1 Å². The average Bonchev–Trinajstić information content (AvgIpc) is 3.23. The first-order chi connectivity index (χ1) is 14.5. The Labute approximate surface area is 179 Å². The van der Waals surface area contributed by atoms with Crippen molar-refractivity contribution in [2.75, 3.05) is 7.11 Å². The Morgan fingerprint density at radius 2 is 1.70 bits per heavy atom. The maximum Gasteiger partial charge on any atom is 0.142 e. The van der Waals surface area contributed by atoms with Crippen LogP contribution in [0.25, 0.3) is 11.3 Å². The second-order valence-electron chi connectivity index (χ2n) is 6.91. The highest BCUT2D eigenvalue weighted by molar-refractivity contribution is 6.31. The van der Waals surface area contributed by atoms with Crippen LogP contribution in [-0.2, 0) is 17.1 Å². The predicted molar refractivity (Wildman–Crippen MR) is 115 cm³/mol. The van der Waals surface area contributed by atoms with E-state index in [1.165, 1.54) is 12.1 Å². The highest BCUT2D eigenvalue weighted by Gasteiger charge is 2.36. The number of nitrogens with zero attached hydrogens (tertiary/aromatic N) is 2. The van der Waals surface area contributed by atoms with Gasteiger partial charge >= 0.3 is 0 Å². The lowest BCUT2D eigenvalue weighted by molar-refractivity contribution is 0.122. The zero-order chi connectivity index (χ0) is 21.1. The normalized spacial score (nSPS) is 13.2. The quantitative estimate of drug-likeness (QED) is 0.433. The third-order valence-electron chi connectivity index (χ3n) is 5.07. The molecule has 0 aliphatic carbocycles. The summed E-state index contributed by atoms with van der Waals surface area (Å²) in [6, 6.07) is 22.3. The minimum atomic E-state index is -1.58. The van der Waals surface area contributed by atoms with Crippen molar-refractivity contribution in [1.82, 2.24) is 9.78 Å². The largest absolute Gasteiger partial charge is 0.376 e. The molecule has 1 heterocycles. The van der Waals surface area contributed by atoms with Gasteiger partial charge in [0.25, 0.3) is 0 Å². The van der Waals surface area contributed by atoms with Gasteiger partial charge in [-0.3, -0.25) is 0 Å². The molecule has 0 spiro atoms. The molecule has 3 aromatic carbocycles. The van der Waals surface area contributed by atoms with Gasteiger partial charge in [-0.05, 0) is 41.5 Å². The molecule has 1 unspecified atom stereocenters. The van der Waals surface area contributed by atoms with E-state index >= 15 is 0 Å². The fourth-order valence-corrected chi connectivity index (χ4v) is 3.87. The van der Waals surface area contributed by atoms with Crippen LogP contribution in [-0.4, -0.2) is 22.0 Å². The first kappa shape index (κ1) is 20.3. The Morgan fingerprint density at radius 3 is 2.40 bits per heavy atom. The van der Waals surface area contributed by atoms with Crippen LogP contribution < -0.4 is 0 Å². The standard InChI is InChI=1S/C24H20ClFN2O2/c1-30-16-28-23(13-14-27-28)17-7-12-22(25)21(15-17)24(29,18-5-3-2-4-6-18)19-8-10-20(26)11-9-19/h2-15,29H,16H2,1H3. The lowest BCUT2D eigenvalue weighted by atomic mass is 9.79. The van der Waals surface area contributed by atoms with E-state index in [0.717, 1.165) is 11.3 Å². The van der Waals surface area contributed by atoms with E-state index in [9.17, 15) is 9.50 Å². The highest BCUT2D eigenvalue weighted by atomic mass is 35.5. The van der Waals surface area contributed by atoms with Crippen LogP contribution in [0, 0.1) is 5.82 Å². The molecule has 1 N–H and O–H groups in total. The van der Waals surface area contributed by atoms with Crippen molar-refractivity contribution in [3.63, 3.8) is 0 Å². The van der Waals surface area contributed by atoms with Crippen LogP contribution in [0.5, 0.6) is 0 Å². The third kappa shape index (κ3) is 3.63. The molecule has 0 fully saturated rings. The number of ether oxygens (including phenoxy) is 1. The second-order valence-corrected chi connectivity index (χ2v) is 7.32. The molecule has 30 heavy (non-hydrogen) atoms. The lowest BCUT2D eigenvalue weighted by Crippen LogP contribution is -2.29. The molecule has 6 heteroatoms. The monoisotopic (exact) mass is 422 g/mol. The Hall–Kier alpha value is -2.99. The van der Waals surface area contributed by atoms with Gasteiger partial charge in [-0.25, -0.2) is 9.07 Å². The van der Waals surface area contributed by atoms with Crippen molar-refractivity contribution in [3.8, 4) is 11.3 Å². The highest BCUT2D eigenvalue weighted by Crippen LogP contribution is 2.41. The minimum absolute atomic E-state index is 0.293. The zero-order valence-electron chi connectivity index (χ0n) is 16.3. The Bertz CT molecular complexity index is 1150. The second kappa shape index (κ2) is 8.40. The molecular formula is C24H20ClFN2O2. The summed E-state index contributed by atoms with van der Waals surface area (Å²) in [5, 5.41) is 16.7. The first-order valence-corrected chi connectivity index (χ1v) is 9.77. The number of hydrogen-bond acceptors (Lipinski definition) is 3. The van der Waals surface area contributed by atoms with Crippen molar-refractivity contribution >= 4 is 11.6 Å². The summed E-state index contributed by atoms with van der Waals surface area (Å²) in [6.07, 6.45) is 1.69. The third-order valence-corrected chi connectivity index (χ3v) is 5.40. The van der Waals surface area contributed by atoms with Crippen LogP contribution in [0.3, 0.4) is 0 Å². The van der Waals surface area contributed by atoms with Crippen LogP contribution >= 0.6 is 11.6 Å². The summed E-state index contributed by atoms with van der Waals surface area (Å²) in [6.45, 7) is 0.293. The molecule has 4 rings (SSSR count). The number of aliphatic hydroxyl groups is 1. The fraction of sp³-hybridized carbons (Fsp3) is 0.125. The van der Waals surface area contributed by atoms with Crippen molar-refractivity contribution in [2.24, 2.45) is 0 Å². The van der Waals surface area contributed by atoms with Crippen molar-refractivity contribution in [1.29, 1.82) is 0 Å². The number of halogens is 2. The van der Waals surface area contributed by atoms with E-state index in [0.29, 0.717) is 28.4 Å². The molecule has 1 aromatic heterocycles. The number of methoxy groups -OCH3 is 1. The van der Waals surface area contributed by atoms with Crippen LogP contribution in [0.4, 0.5) is 4.39 Å². The molecule has 0 radical (unpaired) electrons. The smallest absolute Gasteiger partial charge is 0.142 e. The molecule has 0 bridgehead atoms. The summed E-state index contributed by atoms with van der Waals surface area (Å²) >= 11 is 6.59. The molecule has 152 valence electrons.